The Morgan fingerprint density at radius 3 is 2.67 bits per heavy atom. The molecule has 0 aromatic heterocycles. The van der Waals surface area contributed by atoms with Crippen LogP contribution in [0.5, 0.6) is 5.75 Å². The zero-order valence-corrected chi connectivity index (χ0v) is 17.0. The van der Waals surface area contributed by atoms with Crippen molar-refractivity contribution in [1.29, 1.82) is 0 Å². The SMILES string of the molecule is O=C(O)CCOc1cccc(/C=C2/SC(=S)N(NC(=O)c3ccc(F)cc3)C2=O)c1. The molecule has 0 bridgehead atoms. The van der Waals surface area contributed by atoms with E-state index >= 15 is 0 Å². The van der Waals surface area contributed by atoms with E-state index in [9.17, 15) is 18.8 Å². The minimum absolute atomic E-state index is 0.0241. The lowest BCUT2D eigenvalue weighted by atomic mass is 10.2. The van der Waals surface area contributed by atoms with Crippen LogP contribution in [-0.4, -0.2) is 38.8 Å². The van der Waals surface area contributed by atoms with Crippen LogP contribution in [0.15, 0.2) is 53.4 Å². The lowest BCUT2D eigenvalue weighted by Crippen LogP contribution is -2.44. The predicted octanol–water partition coefficient (Wildman–Crippen LogP) is 3.23. The summed E-state index contributed by atoms with van der Waals surface area (Å²) in [5.41, 5.74) is 3.25. The normalized spacial score (nSPS) is 14.8. The lowest BCUT2D eigenvalue weighted by molar-refractivity contribution is -0.137. The predicted molar refractivity (Wildman–Crippen MR) is 113 cm³/mol. The summed E-state index contributed by atoms with van der Waals surface area (Å²) < 4.78 is 18.5. The molecule has 2 amide bonds. The quantitative estimate of drug-likeness (QED) is 0.498. The molecule has 7 nitrogen and oxygen atoms in total. The highest BCUT2D eigenvalue weighted by Gasteiger charge is 2.33. The Balaban J connectivity index is 1.69. The number of amides is 2. The number of rotatable bonds is 7. The number of nitrogens with zero attached hydrogens (tertiary/aromatic N) is 1. The maximum absolute atomic E-state index is 13.0. The van der Waals surface area contributed by atoms with Crippen LogP contribution < -0.4 is 10.2 Å². The van der Waals surface area contributed by atoms with Crippen molar-refractivity contribution in [2.75, 3.05) is 6.61 Å². The van der Waals surface area contributed by atoms with Gasteiger partial charge in [0.15, 0.2) is 4.32 Å². The molecule has 1 heterocycles. The van der Waals surface area contributed by atoms with Gasteiger partial charge >= 0.3 is 5.97 Å². The molecule has 1 saturated heterocycles. The summed E-state index contributed by atoms with van der Waals surface area (Å²) in [6.07, 6.45) is 1.46. The number of hydrazine groups is 1. The van der Waals surface area contributed by atoms with Gasteiger partial charge in [-0.25, -0.2) is 4.39 Å². The van der Waals surface area contributed by atoms with Gasteiger partial charge in [0, 0.05) is 5.56 Å². The molecule has 1 aliphatic heterocycles. The van der Waals surface area contributed by atoms with Gasteiger partial charge in [-0.2, -0.15) is 5.01 Å². The molecule has 2 aromatic rings. The zero-order valence-electron chi connectivity index (χ0n) is 15.3. The number of ether oxygens (including phenoxy) is 1. The van der Waals surface area contributed by atoms with E-state index in [0.717, 1.165) is 28.9 Å². The van der Waals surface area contributed by atoms with E-state index in [1.165, 1.54) is 12.1 Å². The van der Waals surface area contributed by atoms with Crippen molar-refractivity contribution in [1.82, 2.24) is 10.4 Å². The number of carbonyl (C=O) groups is 3. The van der Waals surface area contributed by atoms with E-state index in [1.807, 2.05) is 0 Å². The number of carboxylic acids is 1. The monoisotopic (exact) mass is 446 g/mol. The maximum atomic E-state index is 13.0. The largest absolute Gasteiger partial charge is 0.493 e. The van der Waals surface area contributed by atoms with E-state index < -0.39 is 23.6 Å². The molecule has 0 spiro atoms. The summed E-state index contributed by atoms with van der Waals surface area (Å²) in [5, 5.41) is 9.63. The van der Waals surface area contributed by atoms with E-state index in [0.29, 0.717) is 16.2 Å². The number of nitrogens with one attached hydrogen (secondary N) is 1. The van der Waals surface area contributed by atoms with Gasteiger partial charge in [-0.3, -0.25) is 19.8 Å². The van der Waals surface area contributed by atoms with Crippen LogP contribution in [0.25, 0.3) is 6.08 Å². The molecular weight excluding hydrogens is 431 g/mol. The van der Waals surface area contributed by atoms with Gasteiger partial charge in [-0.1, -0.05) is 23.9 Å². The van der Waals surface area contributed by atoms with Crippen molar-refractivity contribution in [3.63, 3.8) is 0 Å². The Morgan fingerprint density at radius 2 is 1.97 bits per heavy atom. The van der Waals surface area contributed by atoms with Gasteiger partial charge in [0.2, 0.25) is 0 Å². The number of hydrogen-bond donors (Lipinski definition) is 2. The Labute approximate surface area is 180 Å². The summed E-state index contributed by atoms with van der Waals surface area (Å²) in [7, 11) is 0. The summed E-state index contributed by atoms with van der Waals surface area (Å²) >= 11 is 6.20. The molecule has 154 valence electrons. The molecular formula is C20H15FN2O5S2. The highest BCUT2D eigenvalue weighted by Crippen LogP contribution is 2.32. The van der Waals surface area contributed by atoms with E-state index in [4.69, 9.17) is 22.1 Å². The molecule has 3 rings (SSSR count). The van der Waals surface area contributed by atoms with Crippen molar-refractivity contribution in [2.45, 2.75) is 6.42 Å². The molecule has 0 aliphatic carbocycles. The molecule has 0 atom stereocenters. The molecule has 2 aromatic carbocycles. The topological polar surface area (TPSA) is 95.9 Å². The van der Waals surface area contributed by atoms with Crippen molar-refractivity contribution in [2.24, 2.45) is 0 Å². The number of carbonyl (C=O) groups excluding carboxylic acids is 2. The second kappa shape index (κ2) is 9.51. The van der Waals surface area contributed by atoms with Gasteiger partial charge in [0.25, 0.3) is 11.8 Å². The Bertz CT molecular complexity index is 1040. The Kier molecular flexibility index (Phi) is 6.80. The third-order valence-electron chi connectivity index (χ3n) is 3.85. The van der Waals surface area contributed by atoms with Crippen LogP contribution in [0.2, 0.25) is 0 Å². The third kappa shape index (κ3) is 5.43. The summed E-state index contributed by atoms with van der Waals surface area (Å²) in [4.78, 5) is 35.8. The van der Waals surface area contributed by atoms with Crippen molar-refractivity contribution >= 4 is 52.2 Å². The van der Waals surface area contributed by atoms with Crippen LogP contribution in [0, 0.1) is 5.82 Å². The second-order valence-corrected chi connectivity index (χ2v) is 7.71. The van der Waals surface area contributed by atoms with E-state index in [-0.39, 0.29) is 22.9 Å². The van der Waals surface area contributed by atoms with Gasteiger partial charge in [0.05, 0.1) is 17.9 Å². The molecule has 0 saturated carbocycles. The van der Waals surface area contributed by atoms with Crippen LogP contribution in [-0.2, 0) is 9.59 Å². The molecule has 2 N–H and O–H groups in total. The van der Waals surface area contributed by atoms with Gasteiger partial charge < -0.3 is 9.84 Å². The van der Waals surface area contributed by atoms with Gasteiger partial charge in [-0.15, -0.1) is 0 Å². The number of carboxylic acid groups (broad SMARTS) is 1. The number of thioether (sulfide) groups is 1. The van der Waals surface area contributed by atoms with E-state index in [2.05, 4.69) is 5.43 Å². The Hall–Kier alpha value is -3.24. The standard InChI is InChI=1S/C20H15FN2O5S2/c21-14-6-4-13(5-7-14)18(26)22-23-19(27)16(30-20(23)29)11-12-2-1-3-15(10-12)28-9-8-17(24)25/h1-7,10-11H,8-9H2,(H,22,26)(H,24,25)/b16-11+. The molecule has 10 heteroatoms. The minimum Gasteiger partial charge on any atom is -0.493 e. The first-order chi connectivity index (χ1) is 14.3. The van der Waals surface area contributed by atoms with Crippen LogP contribution >= 0.6 is 24.0 Å². The summed E-state index contributed by atoms with van der Waals surface area (Å²) in [5.74, 6) is -2.07. The number of thiocarbonyl (C=S) groups is 1. The molecule has 0 radical (unpaired) electrons. The van der Waals surface area contributed by atoms with Gasteiger partial charge in [0.1, 0.15) is 11.6 Å². The fourth-order valence-corrected chi connectivity index (χ4v) is 3.61. The first kappa shape index (κ1) is 21.5. The average molecular weight is 446 g/mol. The fourth-order valence-electron chi connectivity index (χ4n) is 2.43. The first-order valence-corrected chi connectivity index (χ1v) is 9.85. The summed E-state index contributed by atoms with van der Waals surface area (Å²) in [6, 6.07) is 11.7. The number of hydrogen-bond acceptors (Lipinski definition) is 6. The number of benzene rings is 2. The van der Waals surface area contributed by atoms with Crippen molar-refractivity contribution in [3.8, 4) is 5.75 Å². The maximum Gasteiger partial charge on any atom is 0.306 e. The fraction of sp³-hybridized carbons (Fsp3) is 0.100. The van der Waals surface area contributed by atoms with Crippen LogP contribution in [0.1, 0.15) is 22.3 Å². The molecule has 30 heavy (non-hydrogen) atoms. The summed E-state index contributed by atoms with van der Waals surface area (Å²) in [6.45, 7) is 0.0241. The zero-order chi connectivity index (χ0) is 21.7. The highest BCUT2D eigenvalue weighted by atomic mass is 32.2. The second-order valence-electron chi connectivity index (χ2n) is 6.03. The average Bonchev–Trinajstić information content (AvgIpc) is 2.96. The molecule has 0 unspecified atom stereocenters. The Morgan fingerprint density at radius 1 is 1.23 bits per heavy atom. The number of halogens is 1. The number of aliphatic carboxylic acids is 1. The van der Waals surface area contributed by atoms with Gasteiger partial charge in [-0.05, 0) is 60.3 Å². The smallest absolute Gasteiger partial charge is 0.306 e. The minimum atomic E-state index is -0.961. The highest BCUT2D eigenvalue weighted by molar-refractivity contribution is 8.26. The molecule has 1 fully saturated rings. The lowest BCUT2D eigenvalue weighted by Gasteiger charge is -2.15. The third-order valence-corrected chi connectivity index (χ3v) is 5.16. The van der Waals surface area contributed by atoms with Crippen molar-refractivity contribution < 1.29 is 28.6 Å². The molecule has 1 aliphatic rings. The van der Waals surface area contributed by atoms with Crippen LogP contribution in [0.3, 0.4) is 0 Å². The van der Waals surface area contributed by atoms with E-state index in [1.54, 1.807) is 30.3 Å². The first-order valence-electron chi connectivity index (χ1n) is 8.62. The van der Waals surface area contributed by atoms with Crippen LogP contribution in [0.4, 0.5) is 4.39 Å². The van der Waals surface area contributed by atoms with Crippen molar-refractivity contribution in [3.05, 3.63) is 70.4 Å².